The van der Waals surface area contributed by atoms with Gasteiger partial charge in [-0.3, -0.25) is 4.79 Å². The fraction of sp³-hybridized carbons (Fsp3) is 0.0690. The second-order valence-electron chi connectivity index (χ2n) is 9.24. The maximum absolute atomic E-state index is 13.2. The number of carbonyl (C=O) groups is 3. The van der Waals surface area contributed by atoms with Gasteiger partial charge in [0.1, 0.15) is 0 Å². The summed E-state index contributed by atoms with van der Waals surface area (Å²) in [5, 5.41) is 4.80. The second kappa shape index (κ2) is 12.2. The van der Waals surface area contributed by atoms with E-state index >= 15 is 0 Å². The lowest BCUT2D eigenvalue weighted by Crippen LogP contribution is -2.34. The van der Waals surface area contributed by atoms with E-state index in [1.54, 1.807) is 38.1 Å². The number of ketones is 1. The van der Waals surface area contributed by atoms with Gasteiger partial charge in [0.15, 0.2) is 5.78 Å². The van der Waals surface area contributed by atoms with Crippen molar-refractivity contribution in [2.45, 2.75) is 23.6 Å². The van der Waals surface area contributed by atoms with Crippen LogP contribution in [-0.2, 0) is 20.0 Å². The molecule has 0 aliphatic carbocycles. The summed E-state index contributed by atoms with van der Waals surface area (Å²) in [7, 11) is -8.23. The lowest BCUT2D eigenvalue weighted by molar-refractivity contribution is 0.103. The van der Waals surface area contributed by atoms with E-state index in [0.29, 0.717) is 0 Å². The Kier molecular flexibility index (Phi) is 8.73. The molecule has 4 aromatic carbocycles. The third-order valence-electron chi connectivity index (χ3n) is 5.88. The van der Waals surface area contributed by atoms with Gasteiger partial charge in [-0.1, -0.05) is 59.7 Å². The summed E-state index contributed by atoms with van der Waals surface area (Å²) in [6.07, 6.45) is 0. The Morgan fingerprint density at radius 2 is 0.881 bits per heavy atom. The first kappa shape index (κ1) is 30.0. The Hall–Kier alpha value is -5.01. The minimum absolute atomic E-state index is 0.0814. The fourth-order valence-electron chi connectivity index (χ4n) is 3.75. The Balaban J connectivity index is 1.42. The van der Waals surface area contributed by atoms with Crippen LogP contribution in [-0.4, -0.2) is 34.7 Å². The molecule has 0 aromatic heterocycles. The molecule has 13 heteroatoms. The summed E-state index contributed by atoms with van der Waals surface area (Å²) in [5.74, 6) is -0.470. The molecule has 4 amide bonds. The quantitative estimate of drug-likeness (QED) is 0.213. The lowest BCUT2D eigenvalue weighted by atomic mass is 10.0. The highest BCUT2D eigenvalue weighted by Gasteiger charge is 2.19. The van der Waals surface area contributed by atoms with Crippen LogP contribution in [0.3, 0.4) is 0 Å². The zero-order valence-electron chi connectivity index (χ0n) is 22.4. The van der Waals surface area contributed by atoms with Crippen LogP contribution in [0.2, 0.25) is 0 Å². The number of rotatable bonds is 8. The van der Waals surface area contributed by atoms with E-state index < -0.39 is 37.9 Å². The summed E-state index contributed by atoms with van der Waals surface area (Å²) >= 11 is 0. The van der Waals surface area contributed by atoms with Crippen molar-refractivity contribution < 1.29 is 31.2 Å². The topological polar surface area (TPSA) is 168 Å². The van der Waals surface area contributed by atoms with Gasteiger partial charge in [0.2, 0.25) is 0 Å². The number of amides is 4. The van der Waals surface area contributed by atoms with Crippen molar-refractivity contribution in [3.05, 3.63) is 119 Å². The van der Waals surface area contributed by atoms with E-state index in [0.717, 1.165) is 11.1 Å². The lowest BCUT2D eigenvalue weighted by Gasteiger charge is -2.11. The van der Waals surface area contributed by atoms with E-state index in [2.05, 4.69) is 10.6 Å². The third kappa shape index (κ3) is 7.59. The maximum atomic E-state index is 13.2. The molecule has 11 nitrogen and oxygen atoms in total. The summed E-state index contributed by atoms with van der Waals surface area (Å²) in [5.41, 5.74) is 2.36. The van der Waals surface area contributed by atoms with Crippen LogP contribution in [0.1, 0.15) is 27.0 Å². The van der Waals surface area contributed by atoms with Crippen molar-refractivity contribution in [1.82, 2.24) is 9.44 Å². The molecule has 0 spiro atoms. The van der Waals surface area contributed by atoms with Gasteiger partial charge in [0, 0.05) is 22.5 Å². The van der Waals surface area contributed by atoms with E-state index in [9.17, 15) is 31.2 Å². The fourth-order valence-corrected chi connectivity index (χ4v) is 5.57. The molecule has 216 valence electrons. The number of carbonyl (C=O) groups excluding carboxylic acids is 3. The second-order valence-corrected chi connectivity index (χ2v) is 12.6. The zero-order chi connectivity index (χ0) is 30.5. The molecule has 0 radical (unpaired) electrons. The Bertz CT molecular complexity index is 1740. The first-order chi connectivity index (χ1) is 19.8. The molecule has 0 unspecified atom stereocenters. The first-order valence-corrected chi connectivity index (χ1v) is 15.3. The van der Waals surface area contributed by atoms with E-state index in [1.165, 1.54) is 72.8 Å². The van der Waals surface area contributed by atoms with Crippen LogP contribution in [0, 0.1) is 13.8 Å². The van der Waals surface area contributed by atoms with Gasteiger partial charge in [0.05, 0.1) is 9.79 Å². The van der Waals surface area contributed by atoms with Crippen molar-refractivity contribution in [3.8, 4) is 0 Å². The molecule has 4 aromatic rings. The molecule has 0 atom stereocenters. The molecule has 0 bridgehead atoms. The molecular weight excluding hydrogens is 580 g/mol. The molecule has 0 saturated heterocycles. The molecule has 0 saturated carbocycles. The largest absolute Gasteiger partial charge is 0.333 e. The molecular formula is C29H26N4O7S2. The summed E-state index contributed by atoms with van der Waals surface area (Å²) in [4.78, 5) is 37.8. The van der Waals surface area contributed by atoms with Crippen molar-refractivity contribution in [1.29, 1.82) is 0 Å². The summed E-state index contributed by atoms with van der Waals surface area (Å²) in [6, 6.07) is 21.6. The SMILES string of the molecule is Cc1ccc(S(=O)(=O)NC(=O)Nc2cccc(C(=O)c3cccc(NC(=O)NS(=O)(=O)c4ccc(C)cc4)c3)c2)cc1. The van der Waals surface area contributed by atoms with Crippen LogP contribution in [0.15, 0.2) is 107 Å². The zero-order valence-corrected chi connectivity index (χ0v) is 24.0. The van der Waals surface area contributed by atoms with Crippen LogP contribution < -0.4 is 20.1 Å². The Morgan fingerprint density at radius 1 is 0.524 bits per heavy atom. The van der Waals surface area contributed by atoms with Crippen molar-refractivity contribution in [2.24, 2.45) is 0 Å². The molecule has 0 fully saturated rings. The normalized spacial score (nSPS) is 11.3. The van der Waals surface area contributed by atoms with Crippen LogP contribution in [0.5, 0.6) is 0 Å². The number of hydrogen-bond acceptors (Lipinski definition) is 7. The Labute approximate surface area is 243 Å². The van der Waals surface area contributed by atoms with Crippen molar-refractivity contribution >= 4 is 49.3 Å². The highest BCUT2D eigenvalue weighted by Crippen LogP contribution is 2.19. The number of aryl methyl sites for hydroxylation is 2. The van der Waals surface area contributed by atoms with Gasteiger partial charge in [-0.25, -0.2) is 35.9 Å². The predicted molar refractivity (Wildman–Crippen MR) is 157 cm³/mol. The van der Waals surface area contributed by atoms with E-state index in [1.807, 2.05) is 9.44 Å². The first-order valence-electron chi connectivity index (χ1n) is 12.4. The number of hydrogen-bond donors (Lipinski definition) is 4. The van der Waals surface area contributed by atoms with Gasteiger partial charge in [0.25, 0.3) is 20.0 Å². The van der Waals surface area contributed by atoms with Crippen LogP contribution >= 0.6 is 0 Å². The van der Waals surface area contributed by atoms with Gasteiger partial charge in [-0.05, 0) is 62.4 Å². The molecule has 4 rings (SSSR count). The van der Waals surface area contributed by atoms with Crippen molar-refractivity contribution in [2.75, 3.05) is 10.6 Å². The van der Waals surface area contributed by atoms with Crippen molar-refractivity contribution in [3.63, 3.8) is 0 Å². The van der Waals surface area contributed by atoms with Crippen LogP contribution in [0.4, 0.5) is 21.0 Å². The molecule has 0 aliphatic rings. The predicted octanol–water partition coefficient (Wildman–Crippen LogP) is 4.56. The summed E-state index contributed by atoms with van der Waals surface area (Å²) < 4.78 is 53.8. The minimum atomic E-state index is -4.12. The van der Waals surface area contributed by atoms with Gasteiger partial charge < -0.3 is 10.6 Å². The van der Waals surface area contributed by atoms with Gasteiger partial charge >= 0.3 is 12.1 Å². The smallest absolute Gasteiger partial charge is 0.307 e. The van der Waals surface area contributed by atoms with E-state index in [-0.39, 0.29) is 32.3 Å². The van der Waals surface area contributed by atoms with Gasteiger partial charge in [-0.15, -0.1) is 0 Å². The number of benzene rings is 4. The molecule has 0 aliphatic heterocycles. The third-order valence-corrected chi connectivity index (χ3v) is 8.58. The summed E-state index contributed by atoms with van der Waals surface area (Å²) in [6.45, 7) is 3.60. The number of anilines is 2. The minimum Gasteiger partial charge on any atom is -0.307 e. The molecule has 0 heterocycles. The standard InChI is InChI=1S/C29H26N4O7S2/c1-19-9-13-25(14-10-19)41(37,38)32-28(35)30-23-7-3-5-21(17-23)27(34)22-6-4-8-24(18-22)31-29(36)33-42(39,40)26-15-11-20(2)12-16-26/h3-18H,1-2H3,(H2,30,32,35)(H2,31,33,36). The van der Waals surface area contributed by atoms with Crippen LogP contribution in [0.25, 0.3) is 0 Å². The van der Waals surface area contributed by atoms with Gasteiger partial charge in [-0.2, -0.15) is 0 Å². The molecule has 42 heavy (non-hydrogen) atoms. The van der Waals surface area contributed by atoms with E-state index in [4.69, 9.17) is 0 Å². The molecule has 4 N–H and O–H groups in total. The average Bonchev–Trinajstić information content (AvgIpc) is 2.92. The monoisotopic (exact) mass is 606 g/mol. The average molecular weight is 607 g/mol. The number of urea groups is 2. The Morgan fingerprint density at radius 3 is 1.24 bits per heavy atom. The highest BCUT2D eigenvalue weighted by atomic mass is 32.2. The number of nitrogens with one attached hydrogen (secondary N) is 4. The highest BCUT2D eigenvalue weighted by molar-refractivity contribution is 7.90. The maximum Gasteiger partial charge on any atom is 0.333 e. The number of sulfonamides is 2.